The number of nitrogens with one attached hydrogen (secondary N) is 1. The van der Waals surface area contributed by atoms with Gasteiger partial charge in [0.05, 0.1) is 17.5 Å². The summed E-state index contributed by atoms with van der Waals surface area (Å²) in [6.45, 7) is 6.21. The zero-order valence-corrected chi connectivity index (χ0v) is 13.6. The molecule has 1 aromatic carbocycles. The number of H-pyrrole nitrogens is 1. The zero-order valence-electron chi connectivity index (χ0n) is 13.6. The van der Waals surface area contributed by atoms with Crippen LogP contribution in [0.1, 0.15) is 36.7 Å². The summed E-state index contributed by atoms with van der Waals surface area (Å²) in [7, 11) is 0. The summed E-state index contributed by atoms with van der Waals surface area (Å²) in [5, 5.41) is 0. The van der Waals surface area contributed by atoms with E-state index >= 15 is 0 Å². The lowest BCUT2D eigenvalue weighted by Crippen LogP contribution is -2.20. The number of carbonyl (C=O) groups excluding carboxylic acids is 1. The number of fused-ring (bicyclic) bond motifs is 1. The SMILES string of the molecule is CC(C)(C)C(=O)c1c[nH]c2ncc(-c3ccc(CN)cc3)nc12. The normalized spacial score (nSPS) is 11.8. The van der Waals surface area contributed by atoms with Gasteiger partial charge in [-0.25, -0.2) is 9.97 Å². The van der Waals surface area contributed by atoms with Crippen molar-refractivity contribution >= 4 is 16.9 Å². The van der Waals surface area contributed by atoms with Gasteiger partial charge in [-0.05, 0) is 5.56 Å². The fourth-order valence-corrected chi connectivity index (χ4v) is 2.42. The van der Waals surface area contributed by atoms with E-state index in [-0.39, 0.29) is 5.78 Å². The number of rotatable bonds is 3. The van der Waals surface area contributed by atoms with Gasteiger partial charge >= 0.3 is 0 Å². The molecule has 0 saturated heterocycles. The van der Waals surface area contributed by atoms with Crippen molar-refractivity contribution in [2.75, 3.05) is 0 Å². The average molecular weight is 308 g/mol. The molecule has 0 bridgehead atoms. The molecule has 0 unspecified atom stereocenters. The van der Waals surface area contributed by atoms with Gasteiger partial charge in [-0.15, -0.1) is 0 Å². The van der Waals surface area contributed by atoms with Crippen molar-refractivity contribution in [3.8, 4) is 11.3 Å². The van der Waals surface area contributed by atoms with E-state index in [4.69, 9.17) is 5.73 Å². The molecule has 3 aromatic rings. The molecule has 0 amide bonds. The van der Waals surface area contributed by atoms with Crippen LogP contribution >= 0.6 is 0 Å². The molecule has 0 aliphatic heterocycles. The smallest absolute Gasteiger partial charge is 0.171 e. The molecule has 0 atom stereocenters. The highest BCUT2D eigenvalue weighted by atomic mass is 16.1. The highest BCUT2D eigenvalue weighted by Gasteiger charge is 2.26. The molecular weight excluding hydrogens is 288 g/mol. The maximum atomic E-state index is 12.6. The largest absolute Gasteiger partial charge is 0.344 e. The molecule has 0 fully saturated rings. The van der Waals surface area contributed by atoms with E-state index in [0.717, 1.165) is 16.8 Å². The van der Waals surface area contributed by atoms with E-state index in [0.29, 0.717) is 23.3 Å². The highest BCUT2D eigenvalue weighted by Crippen LogP contribution is 2.26. The molecule has 5 heteroatoms. The minimum Gasteiger partial charge on any atom is -0.344 e. The van der Waals surface area contributed by atoms with Crippen LogP contribution in [0.15, 0.2) is 36.7 Å². The number of nitrogens with zero attached hydrogens (tertiary/aromatic N) is 2. The van der Waals surface area contributed by atoms with Crippen LogP contribution < -0.4 is 5.73 Å². The van der Waals surface area contributed by atoms with Crippen molar-refractivity contribution in [1.82, 2.24) is 15.0 Å². The maximum absolute atomic E-state index is 12.6. The minimum atomic E-state index is -0.463. The van der Waals surface area contributed by atoms with Crippen molar-refractivity contribution in [2.45, 2.75) is 27.3 Å². The second-order valence-corrected chi connectivity index (χ2v) is 6.63. The first-order chi connectivity index (χ1) is 10.9. The van der Waals surface area contributed by atoms with E-state index < -0.39 is 5.41 Å². The summed E-state index contributed by atoms with van der Waals surface area (Å²) in [6, 6.07) is 7.88. The number of carbonyl (C=O) groups is 1. The molecule has 118 valence electrons. The number of nitrogens with two attached hydrogens (primary N) is 1. The van der Waals surface area contributed by atoms with Gasteiger partial charge in [0.15, 0.2) is 11.4 Å². The molecule has 2 aromatic heterocycles. The number of Topliss-reactive ketones (excluding diaryl/α,β-unsaturated/α-hetero) is 1. The Bertz CT molecular complexity index is 857. The first-order valence-electron chi connectivity index (χ1n) is 7.58. The molecule has 3 N–H and O–H groups in total. The van der Waals surface area contributed by atoms with Crippen LogP contribution in [0.25, 0.3) is 22.4 Å². The molecule has 0 saturated carbocycles. The molecule has 0 radical (unpaired) electrons. The molecule has 0 aliphatic carbocycles. The number of benzene rings is 1. The molecular formula is C18H20N4O. The van der Waals surface area contributed by atoms with Gasteiger partial charge in [0.1, 0.15) is 5.52 Å². The van der Waals surface area contributed by atoms with Crippen LogP contribution in [0.2, 0.25) is 0 Å². The second-order valence-electron chi connectivity index (χ2n) is 6.63. The van der Waals surface area contributed by atoms with Crippen LogP contribution in [0, 0.1) is 5.41 Å². The first-order valence-corrected chi connectivity index (χ1v) is 7.58. The van der Waals surface area contributed by atoms with Gasteiger partial charge in [0.2, 0.25) is 0 Å². The first kappa shape index (κ1) is 15.4. The van der Waals surface area contributed by atoms with Gasteiger partial charge in [0, 0.05) is 23.7 Å². The van der Waals surface area contributed by atoms with E-state index in [9.17, 15) is 4.79 Å². The average Bonchev–Trinajstić information content (AvgIpc) is 2.96. The summed E-state index contributed by atoms with van der Waals surface area (Å²) in [4.78, 5) is 24.6. The molecule has 5 nitrogen and oxygen atoms in total. The highest BCUT2D eigenvalue weighted by molar-refractivity contribution is 6.08. The van der Waals surface area contributed by atoms with Crippen LogP contribution in [-0.2, 0) is 6.54 Å². The Kier molecular flexibility index (Phi) is 3.74. The van der Waals surface area contributed by atoms with Gasteiger partial charge in [-0.1, -0.05) is 45.0 Å². The van der Waals surface area contributed by atoms with Gasteiger partial charge in [0.25, 0.3) is 0 Å². The topological polar surface area (TPSA) is 84.7 Å². The molecule has 3 rings (SSSR count). The number of ketones is 1. The Balaban J connectivity index is 2.08. The van der Waals surface area contributed by atoms with Crippen LogP contribution in [-0.4, -0.2) is 20.7 Å². The van der Waals surface area contributed by atoms with Gasteiger partial charge < -0.3 is 10.7 Å². The van der Waals surface area contributed by atoms with Gasteiger partial charge in [-0.2, -0.15) is 0 Å². The van der Waals surface area contributed by atoms with Crippen molar-refractivity contribution in [2.24, 2.45) is 11.1 Å². The Labute approximate surface area is 135 Å². The fraction of sp³-hybridized carbons (Fsp3) is 0.278. The van der Waals surface area contributed by atoms with Gasteiger partial charge in [-0.3, -0.25) is 4.79 Å². The summed E-state index contributed by atoms with van der Waals surface area (Å²) in [6.07, 6.45) is 3.40. The standard InChI is InChI=1S/C18H20N4O/c1-18(2,3)16(23)13-9-20-17-15(13)22-14(10-21-17)12-6-4-11(8-19)5-7-12/h4-7,9-10H,8,19H2,1-3H3,(H,20,21). The summed E-state index contributed by atoms with van der Waals surface area (Å²) >= 11 is 0. The quantitative estimate of drug-likeness (QED) is 0.727. The van der Waals surface area contributed by atoms with Crippen molar-refractivity contribution < 1.29 is 4.79 Å². The Morgan fingerprint density at radius 2 is 1.91 bits per heavy atom. The van der Waals surface area contributed by atoms with Crippen LogP contribution in [0.3, 0.4) is 0 Å². The Hall–Kier alpha value is -2.53. The zero-order chi connectivity index (χ0) is 16.6. The summed E-state index contributed by atoms with van der Waals surface area (Å²) in [5.41, 5.74) is 9.74. The third-order valence-corrected chi connectivity index (χ3v) is 3.79. The molecule has 0 spiro atoms. The molecule has 2 heterocycles. The predicted octanol–water partition coefficient (Wildman–Crippen LogP) is 3.31. The number of hydrogen-bond acceptors (Lipinski definition) is 4. The number of aromatic nitrogens is 3. The van der Waals surface area contributed by atoms with Crippen molar-refractivity contribution in [3.05, 3.63) is 47.8 Å². The van der Waals surface area contributed by atoms with Crippen molar-refractivity contribution in [3.63, 3.8) is 0 Å². The summed E-state index contributed by atoms with van der Waals surface area (Å²) in [5.74, 6) is 0.0497. The molecule has 23 heavy (non-hydrogen) atoms. The minimum absolute atomic E-state index is 0.0497. The Morgan fingerprint density at radius 3 is 2.52 bits per heavy atom. The lowest BCUT2D eigenvalue weighted by molar-refractivity contribution is 0.0860. The second kappa shape index (κ2) is 5.59. The lowest BCUT2D eigenvalue weighted by Gasteiger charge is -2.15. The predicted molar refractivity (Wildman–Crippen MR) is 91.0 cm³/mol. The van der Waals surface area contributed by atoms with E-state index in [1.165, 1.54) is 0 Å². The third-order valence-electron chi connectivity index (χ3n) is 3.79. The van der Waals surface area contributed by atoms with E-state index in [1.807, 2.05) is 45.0 Å². The third kappa shape index (κ3) is 2.87. The molecule has 0 aliphatic rings. The Morgan fingerprint density at radius 1 is 1.22 bits per heavy atom. The van der Waals surface area contributed by atoms with Crippen LogP contribution in [0.5, 0.6) is 0 Å². The maximum Gasteiger partial charge on any atom is 0.171 e. The number of hydrogen-bond donors (Lipinski definition) is 2. The van der Waals surface area contributed by atoms with E-state index in [1.54, 1.807) is 12.4 Å². The number of aromatic amines is 1. The summed E-state index contributed by atoms with van der Waals surface area (Å²) < 4.78 is 0. The van der Waals surface area contributed by atoms with E-state index in [2.05, 4.69) is 15.0 Å². The van der Waals surface area contributed by atoms with Crippen molar-refractivity contribution in [1.29, 1.82) is 0 Å². The lowest BCUT2D eigenvalue weighted by atomic mass is 9.87. The fourth-order valence-electron chi connectivity index (χ4n) is 2.42. The monoisotopic (exact) mass is 308 g/mol. The van der Waals surface area contributed by atoms with Crippen LogP contribution in [0.4, 0.5) is 0 Å².